The molecule has 2 aromatic heterocycles. The van der Waals surface area contributed by atoms with Gasteiger partial charge in [0, 0.05) is 35.8 Å². The van der Waals surface area contributed by atoms with Crippen LogP contribution in [0.25, 0.3) is 21.9 Å². The number of ether oxygens (including phenoxy) is 1. The zero-order valence-corrected chi connectivity index (χ0v) is 17.9. The molecule has 0 spiro atoms. The molecule has 8 heteroatoms. The monoisotopic (exact) mass is 422 g/mol. The van der Waals surface area contributed by atoms with Crippen molar-refractivity contribution in [2.45, 2.75) is 57.7 Å². The van der Waals surface area contributed by atoms with Crippen LogP contribution in [0.2, 0.25) is 0 Å². The first kappa shape index (κ1) is 19.0. The standard InChI is InChI=1S/C23H27FN6O/c1-23(2)10-16(7-8-31-23)30-21(13-29-12-20(27-28-29)14-3-4-14)26-19-11-25-18-6-5-15(24)9-17(18)22(19)30/h5-6,9,11-12,14,16,27-28H,3-4,7-8,10,13H2,1-2H3. The lowest BCUT2D eigenvalue weighted by Crippen LogP contribution is -2.38. The first-order valence-corrected chi connectivity index (χ1v) is 11.1. The number of allylic oxidation sites excluding steroid dienone is 1. The summed E-state index contributed by atoms with van der Waals surface area (Å²) < 4.78 is 22.5. The Balaban J connectivity index is 1.49. The van der Waals surface area contributed by atoms with Gasteiger partial charge in [-0.15, -0.1) is 5.53 Å². The molecule has 1 saturated carbocycles. The van der Waals surface area contributed by atoms with Gasteiger partial charge in [-0.25, -0.2) is 9.37 Å². The van der Waals surface area contributed by atoms with E-state index in [0.717, 1.165) is 40.6 Å². The summed E-state index contributed by atoms with van der Waals surface area (Å²) in [6.07, 6.45) is 8.21. The van der Waals surface area contributed by atoms with E-state index >= 15 is 0 Å². The van der Waals surface area contributed by atoms with Gasteiger partial charge in [0.05, 0.1) is 29.4 Å². The maximum atomic E-state index is 14.2. The summed E-state index contributed by atoms with van der Waals surface area (Å²) in [6, 6.07) is 5.01. The highest BCUT2D eigenvalue weighted by Crippen LogP contribution is 2.38. The van der Waals surface area contributed by atoms with Crippen LogP contribution in [0, 0.1) is 11.7 Å². The van der Waals surface area contributed by atoms with Crippen molar-refractivity contribution in [1.29, 1.82) is 0 Å². The van der Waals surface area contributed by atoms with Crippen LogP contribution in [-0.2, 0) is 11.3 Å². The molecule has 1 atom stereocenters. The highest BCUT2D eigenvalue weighted by Gasteiger charge is 2.34. The van der Waals surface area contributed by atoms with E-state index in [4.69, 9.17) is 9.72 Å². The van der Waals surface area contributed by atoms with Crippen molar-refractivity contribution in [3.63, 3.8) is 0 Å². The van der Waals surface area contributed by atoms with E-state index < -0.39 is 0 Å². The molecular weight excluding hydrogens is 395 g/mol. The Hall–Kier alpha value is -2.71. The third-order valence-electron chi connectivity index (χ3n) is 6.55. The Morgan fingerprint density at radius 2 is 2.10 bits per heavy atom. The number of hydrogen-bond donors (Lipinski definition) is 2. The smallest absolute Gasteiger partial charge is 0.131 e. The number of hydrazine groups is 2. The van der Waals surface area contributed by atoms with Gasteiger partial charge in [-0.1, -0.05) is 0 Å². The molecule has 3 aliphatic rings. The molecule has 0 radical (unpaired) electrons. The summed E-state index contributed by atoms with van der Waals surface area (Å²) in [5.74, 6) is 1.33. The van der Waals surface area contributed by atoms with Crippen molar-refractivity contribution in [2.75, 3.05) is 6.61 Å². The Morgan fingerprint density at radius 1 is 1.23 bits per heavy atom. The lowest BCUT2D eigenvalue weighted by atomic mass is 9.93. The molecule has 1 aromatic carbocycles. The molecule has 162 valence electrons. The zero-order valence-electron chi connectivity index (χ0n) is 17.9. The summed E-state index contributed by atoms with van der Waals surface area (Å²) >= 11 is 0. The molecule has 1 saturated heterocycles. The molecule has 2 fully saturated rings. The van der Waals surface area contributed by atoms with Crippen molar-refractivity contribution in [2.24, 2.45) is 5.92 Å². The van der Waals surface area contributed by atoms with E-state index in [-0.39, 0.29) is 17.5 Å². The second-order valence-electron chi connectivity index (χ2n) is 9.53. The number of benzene rings is 1. The minimum atomic E-state index is -0.258. The number of imidazole rings is 1. The van der Waals surface area contributed by atoms with Gasteiger partial charge in [0.25, 0.3) is 0 Å². The highest BCUT2D eigenvalue weighted by atomic mass is 19.1. The van der Waals surface area contributed by atoms with Gasteiger partial charge >= 0.3 is 0 Å². The van der Waals surface area contributed by atoms with Crippen LogP contribution in [0.1, 0.15) is 51.4 Å². The quantitative estimate of drug-likeness (QED) is 0.664. The second-order valence-corrected chi connectivity index (χ2v) is 9.53. The predicted octanol–water partition coefficient (Wildman–Crippen LogP) is 3.93. The third kappa shape index (κ3) is 3.43. The minimum absolute atomic E-state index is 0.211. The summed E-state index contributed by atoms with van der Waals surface area (Å²) in [5, 5.41) is 2.86. The summed E-state index contributed by atoms with van der Waals surface area (Å²) in [7, 11) is 0. The van der Waals surface area contributed by atoms with Crippen LogP contribution in [0.5, 0.6) is 0 Å². The SMILES string of the molecule is CC1(C)CC(n2c(CN3C=C(C4CC4)NN3)nc3cnc4ccc(F)cc4c32)CCO1. The van der Waals surface area contributed by atoms with E-state index in [1.807, 2.05) is 5.01 Å². The van der Waals surface area contributed by atoms with E-state index in [0.29, 0.717) is 19.1 Å². The Kier molecular flexibility index (Phi) is 4.23. The number of nitrogens with one attached hydrogen (secondary N) is 2. The average Bonchev–Trinajstić information content (AvgIpc) is 3.36. The number of rotatable bonds is 4. The fraction of sp³-hybridized carbons (Fsp3) is 0.478. The largest absolute Gasteiger partial charge is 0.375 e. The predicted molar refractivity (Wildman–Crippen MR) is 116 cm³/mol. The Bertz CT molecular complexity index is 1200. The molecule has 4 heterocycles. The summed E-state index contributed by atoms with van der Waals surface area (Å²) in [6.45, 7) is 5.57. The van der Waals surface area contributed by atoms with E-state index in [1.54, 1.807) is 18.3 Å². The maximum absolute atomic E-state index is 14.2. The minimum Gasteiger partial charge on any atom is -0.375 e. The van der Waals surface area contributed by atoms with Gasteiger partial charge < -0.3 is 14.7 Å². The molecule has 1 unspecified atom stereocenters. The van der Waals surface area contributed by atoms with E-state index in [1.165, 1.54) is 24.6 Å². The molecule has 31 heavy (non-hydrogen) atoms. The highest BCUT2D eigenvalue weighted by molar-refractivity contribution is 6.02. The Labute approximate surface area is 180 Å². The third-order valence-corrected chi connectivity index (χ3v) is 6.55. The van der Waals surface area contributed by atoms with Crippen LogP contribution in [0.15, 0.2) is 36.3 Å². The lowest BCUT2D eigenvalue weighted by Gasteiger charge is -2.37. The summed E-state index contributed by atoms with van der Waals surface area (Å²) in [4.78, 5) is 9.50. The van der Waals surface area contributed by atoms with Crippen LogP contribution < -0.4 is 11.0 Å². The van der Waals surface area contributed by atoms with Crippen molar-refractivity contribution < 1.29 is 9.13 Å². The van der Waals surface area contributed by atoms with E-state index in [2.05, 4.69) is 40.6 Å². The molecule has 6 rings (SSSR count). The number of hydrogen-bond acceptors (Lipinski definition) is 6. The molecule has 3 aromatic rings. The van der Waals surface area contributed by atoms with Gasteiger partial charge in [0.2, 0.25) is 0 Å². The van der Waals surface area contributed by atoms with Gasteiger partial charge in [0.15, 0.2) is 0 Å². The molecule has 2 N–H and O–H groups in total. The topological polar surface area (TPSA) is 67.2 Å². The van der Waals surface area contributed by atoms with Crippen LogP contribution in [0.4, 0.5) is 4.39 Å². The van der Waals surface area contributed by atoms with Gasteiger partial charge in [-0.3, -0.25) is 9.99 Å². The molecule has 1 aliphatic carbocycles. The van der Waals surface area contributed by atoms with E-state index in [9.17, 15) is 4.39 Å². The fourth-order valence-electron chi connectivity index (χ4n) is 4.93. The number of nitrogens with zero attached hydrogens (tertiary/aromatic N) is 4. The molecular formula is C23H27FN6O. The van der Waals surface area contributed by atoms with Crippen LogP contribution in [-0.4, -0.2) is 31.8 Å². The lowest BCUT2D eigenvalue weighted by molar-refractivity contribution is -0.0690. The van der Waals surface area contributed by atoms with Crippen molar-refractivity contribution in [3.8, 4) is 0 Å². The normalized spacial score (nSPS) is 23.4. The van der Waals surface area contributed by atoms with Crippen LogP contribution in [0.3, 0.4) is 0 Å². The number of fused-ring (bicyclic) bond motifs is 3. The molecule has 0 amide bonds. The van der Waals surface area contributed by atoms with Gasteiger partial charge in [-0.2, -0.15) is 0 Å². The van der Waals surface area contributed by atoms with Gasteiger partial charge in [-0.05, 0) is 57.7 Å². The van der Waals surface area contributed by atoms with Gasteiger partial charge in [0.1, 0.15) is 17.2 Å². The fourth-order valence-corrected chi connectivity index (χ4v) is 4.93. The number of halogens is 1. The molecule has 0 bridgehead atoms. The second kappa shape index (κ2) is 6.90. The maximum Gasteiger partial charge on any atom is 0.131 e. The zero-order chi connectivity index (χ0) is 21.2. The number of pyridine rings is 1. The van der Waals surface area contributed by atoms with Crippen molar-refractivity contribution in [1.82, 2.24) is 30.5 Å². The number of aromatic nitrogens is 3. The first-order valence-electron chi connectivity index (χ1n) is 11.1. The first-order chi connectivity index (χ1) is 15.0. The van der Waals surface area contributed by atoms with Crippen molar-refractivity contribution >= 4 is 21.9 Å². The summed E-state index contributed by atoms with van der Waals surface area (Å²) in [5.41, 5.74) is 10.1. The van der Waals surface area contributed by atoms with Crippen LogP contribution >= 0.6 is 0 Å². The Morgan fingerprint density at radius 3 is 2.90 bits per heavy atom. The van der Waals surface area contributed by atoms with Crippen molar-refractivity contribution in [3.05, 3.63) is 47.9 Å². The average molecular weight is 423 g/mol. The molecule has 7 nitrogen and oxygen atoms in total. The molecule has 2 aliphatic heterocycles.